The summed E-state index contributed by atoms with van der Waals surface area (Å²) in [5.74, 6) is 0.434. The van der Waals surface area contributed by atoms with Crippen LogP contribution in [0.2, 0.25) is 0 Å². The van der Waals surface area contributed by atoms with Gasteiger partial charge in [-0.3, -0.25) is 14.9 Å². The van der Waals surface area contributed by atoms with Crippen molar-refractivity contribution in [3.8, 4) is 11.8 Å². The van der Waals surface area contributed by atoms with Crippen LogP contribution in [0.25, 0.3) is 11.0 Å². The van der Waals surface area contributed by atoms with Crippen molar-refractivity contribution in [3.05, 3.63) is 67.5 Å². The zero-order valence-electron chi connectivity index (χ0n) is 19.2. The van der Waals surface area contributed by atoms with Crippen molar-refractivity contribution in [2.24, 2.45) is 5.92 Å². The molecule has 3 heterocycles. The van der Waals surface area contributed by atoms with E-state index in [0.717, 1.165) is 16.4 Å². The standard InChI is InChI=1S/C23H21N7O3S2/c1-13(2)8-19-27-28-22(35-19)26-21(32)16(11-24)9-15-4-6-18(7-5-15)33-12-17-10-20(31)30-23(25-17)34-14(3)29-30/h4-7,9-10,13H,8,12H2,1-3H3,(H,26,28,32)/b16-9-. The number of carbonyl (C=O) groups is 1. The van der Waals surface area contributed by atoms with E-state index in [1.807, 2.05) is 13.0 Å². The van der Waals surface area contributed by atoms with Crippen LogP contribution in [0.3, 0.4) is 0 Å². The summed E-state index contributed by atoms with van der Waals surface area (Å²) in [7, 11) is 0. The summed E-state index contributed by atoms with van der Waals surface area (Å²) in [6.45, 7) is 6.08. The predicted molar refractivity (Wildman–Crippen MR) is 133 cm³/mol. The number of nitrogens with one attached hydrogen (secondary N) is 1. The van der Waals surface area contributed by atoms with E-state index in [4.69, 9.17) is 4.74 Å². The summed E-state index contributed by atoms with van der Waals surface area (Å²) < 4.78 is 7.01. The fourth-order valence-corrected chi connectivity index (χ4v) is 4.77. The second-order valence-electron chi connectivity index (χ2n) is 7.98. The Labute approximate surface area is 208 Å². The monoisotopic (exact) mass is 507 g/mol. The maximum atomic E-state index is 12.5. The Balaban J connectivity index is 1.39. The fourth-order valence-electron chi connectivity index (χ4n) is 3.06. The number of aromatic nitrogens is 5. The van der Waals surface area contributed by atoms with Crippen molar-refractivity contribution in [1.82, 2.24) is 24.8 Å². The molecule has 0 atom stereocenters. The molecule has 0 aliphatic heterocycles. The van der Waals surface area contributed by atoms with Gasteiger partial charge in [-0.1, -0.05) is 48.7 Å². The minimum absolute atomic E-state index is 0.0582. The highest BCUT2D eigenvalue weighted by molar-refractivity contribution is 7.16. The Bertz CT molecular complexity index is 1490. The lowest BCUT2D eigenvalue weighted by Crippen LogP contribution is -2.16. The van der Waals surface area contributed by atoms with E-state index in [9.17, 15) is 14.9 Å². The van der Waals surface area contributed by atoms with Gasteiger partial charge in [0.15, 0.2) is 0 Å². The summed E-state index contributed by atoms with van der Waals surface area (Å²) in [5.41, 5.74) is 0.835. The SMILES string of the molecule is Cc1nn2c(=O)cc(COc3ccc(/C=C(/C#N)C(=O)Nc4nnc(CC(C)C)s4)cc3)nc2s1. The number of nitrogens with zero attached hydrogens (tertiary/aromatic N) is 6. The van der Waals surface area contributed by atoms with Gasteiger partial charge >= 0.3 is 0 Å². The Hall–Kier alpha value is -3.95. The van der Waals surface area contributed by atoms with Gasteiger partial charge < -0.3 is 4.74 Å². The Morgan fingerprint density at radius 1 is 1.26 bits per heavy atom. The molecule has 1 aromatic carbocycles. The molecule has 12 heteroatoms. The average molecular weight is 508 g/mol. The number of rotatable bonds is 8. The normalized spacial score (nSPS) is 11.6. The summed E-state index contributed by atoms with van der Waals surface area (Å²) >= 11 is 2.63. The Kier molecular flexibility index (Phi) is 7.28. The highest BCUT2D eigenvalue weighted by Gasteiger charge is 2.14. The average Bonchev–Trinajstić information content (AvgIpc) is 3.41. The van der Waals surface area contributed by atoms with Crippen molar-refractivity contribution in [2.75, 3.05) is 5.32 Å². The molecular weight excluding hydrogens is 486 g/mol. The highest BCUT2D eigenvalue weighted by atomic mass is 32.1. The molecule has 0 saturated carbocycles. The van der Waals surface area contributed by atoms with Crippen molar-refractivity contribution in [1.29, 1.82) is 5.26 Å². The number of amides is 1. The molecule has 0 aliphatic carbocycles. The number of carbonyl (C=O) groups excluding carboxylic acids is 1. The van der Waals surface area contributed by atoms with Gasteiger partial charge in [-0.25, -0.2) is 4.98 Å². The number of nitriles is 1. The van der Waals surface area contributed by atoms with Gasteiger partial charge in [0.05, 0.1) is 5.69 Å². The molecule has 0 aliphatic rings. The third-order valence-corrected chi connectivity index (χ3v) is 6.30. The maximum absolute atomic E-state index is 12.5. The molecule has 0 bridgehead atoms. The number of hydrogen-bond acceptors (Lipinski definition) is 10. The van der Waals surface area contributed by atoms with Crippen molar-refractivity contribution >= 4 is 44.7 Å². The number of benzene rings is 1. The first-order valence-corrected chi connectivity index (χ1v) is 12.3. The summed E-state index contributed by atoms with van der Waals surface area (Å²) in [4.78, 5) is 29.6. The molecule has 35 heavy (non-hydrogen) atoms. The molecular formula is C23H21N7O3S2. The molecule has 0 spiro atoms. The Morgan fingerprint density at radius 2 is 2.03 bits per heavy atom. The molecule has 178 valence electrons. The second-order valence-corrected chi connectivity index (χ2v) is 10.2. The van der Waals surface area contributed by atoms with Crippen LogP contribution in [0.4, 0.5) is 5.13 Å². The molecule has 0 fully saturated rings. The molecule has 3 aromatic heterocycles. The number of anilines is 1. The van der Waals surface area contributed by atoms with Crippen molar-refractivity contribution in [2.45, 2.75) is 33.8 Å². The molecule has 0 radical (unpaired) electrons. The van der Waals surface area contributed by atoms with Crippen LogP contribution in [0.1, 0.15) is 35.1 Å². The first-order valence-electron chi connectivity index (χ1n) is 10.7. The van der Waals surface area contributed by atoms with E-state index in [2.05, 4.69) is 39.4 Å². The van der Waals surface area contributed by atoms with Gasteiger partial charge in [0.25, 0.3) is 11.5 Å². The third kappa shape index (κ3) is 6.14. The Morgan fingerprint density at radius 3 is 2.74 bits per heavy atom. The summed E-state index contributed by atoms with van der Waals surface area (Å²) in [6.07, 6.45) is 2.26. The topological polar surface area (TPSA) is 135 Å². The largest absolute Gasteiger partial charge is 0.487 e. The quantitative estimate of drug-likeness (QED) is 0.282. The molecule has 4 aromatic rings. The maximum Gasteiger partial charge on any atom is 0.275 e. The van der Waals surface area contributed by atoms with Gasteiger partial charge in [-0.05, 0) is 36.6 Å². The van der Waals surface area contributed by atoms with E-state index >= 15 is 0 Å². The van der Waals surface area contributed by atoms with Crippen LogP contribution in [-0.2, 0) is 17.8 Å². The van der Waals surface area contributed by atoms with Crippen LogP contribution < -0.4 is 15.6 Å². The molecule has 4 rings (SSSR count). The van der Waals surface area contributed by atoms with Gasteiger partial charge in [0.2, 0.25) is 10.1 Å². The lowest BCUT2D eigenvalue weighted by Gasteiger charge is -2.06. The van der Waals surface area contributed by atoms with Crippen molar-refractivity contribution < 1.29 is 9.53 Å². The zero-order valence-corrected chi connectivity index (χ0v) is 20.8. The van der Waals surface area contributed by atoms with E-state index < -0.39 is 5.91 Å². The van der Waals surface area contributed by atoms with Gasteiger partial charge in [0.1, 0.15) is 34.0 Å². The highest BCUT2D eigenvalue weighted by Crippen LogP contribution is 2.20. The van der Waals surface area contributed by atoms with E-state index in [1.165, 1.54) is 39.3 Å². The molecule has 10 nitrogen and oxygen atoms in total. The number of fused-ring (bicyclic) bond motifs is 1. The third-order valence-electron chi connectivity index (χ3n) is 4.61. The van der Waals surface area contributed by atoms with E-state index in [0.29, 0.717) is 33.0 Å². The van der Waals surface area contributed by atoms with Crippen LogP contribution in [0.15, 0.2) is 40.7 Å². The number of aryl methyl sites for hydroxylation is 1. The van der Waals surface area contributed by atoms with E-state index in [1.54, 1.807) is 24.3 Å². The minimum atomic E-state index is -0.550. The molecule has 0 saturated heterocycles. The lowest BCUT2D eigenvalue weighted by atomic mass is 10.1. The number of ether oxygens (including phenoxy) is 1. The molecule has 1 N–H and O–H groups in total. The van der Waals surface area contributed by atoms with Crippen molar-refractivity contribution in [3.63, 3.8) is 0 Å². The number of hydrogen-bond donors (Lipinski definition) is 1. The first-order chi connectivity index (χ1) is 16.8. The van der Waals surface area contributed by atoms with Crippen LogP contribution >= 0.6 is 22.7 Å². The van der Waals surface area contributed by atoms with Crippen LogP contribution in [0, 0.1) is 24.2 Å². The first kappa shape index (κ1) is 24.2. The van der Waals surface area contributed by atoms with Crippen LogP contribution in [-0.4, -0.2) is 30.7 Å². The smallest absolute Gasteiger partial charge is 0.275 e. The fraction of sp³-hybridized carbons (Fsp3) is 0.261. The summed E-state index contributed by atoms with van der Waals surface area (Å²) in [5, 5.41) is 26.2. The minimum Gasteiger partial charge on any atom is -0.487 e. The van der Waals surface area contributed by atoms with Gasteiger partial charge in [-0.2, -0.15) is 14.9 Å². The molecule has 0 unspecified atom stereocenters. The van der Waals surface area contributed by atoms with E-state index in [-0.39, 0.29) is 17.7 Å². The van der Waals surface area contributed by atoms with Gasteiger partial charge in [0, 0.05) is 12.5 Å². The summed E-state index contributed by atoms with van der Waals surface area (Å²) in [6, 6.07) is 10.2. The molecule has 1 amide bonds. The zero-order chi connectivity index (χ0) is 24.9. The lowest BCUT2D eigenvalue weighted by molar-refractivity contribution is -0.112. The second kappa shape index (κ2) is 10.5. The van der Waals surface area contributed by atoms with Gasteiger partial charge in [-0.15, -0.1) is 10.2 Å². The predicted octanol–water partition coefficient (Wildman–Crippen LogP) is 3.63. The van der Waals surface area contributed by atoms with Crippen LogP contribution in [0.5, 0.6) is 5.75 Å².